The van der Waals surface area contributed by atoms with Crippen LogP contribution in [-0.2, 0) is 0 Å². The second-order valence-corrected chi connectivity index (χ2v) is 19.4. The summed E-state index contributed by atoms with van der Waals surface area (Å²) in [5.74, 6) is 7.34. The lowest BCUT2D eigenvalue weighted by Gasteiger charge is -2.61. The van der Waals surface area contributed by atoms with E-state index >= 15 is 0 Å². The van der Waals surface area contributed by atoms with Gasteiger partial charge in [-0.2, -0.15) is 10.2 Å². The van der Waals surface area contributed by atoms with Crippen molar-refractivity contribution in [2.45, 2.75) is 156 Å². The summed E-state index contributed by atoms with van der Waals surface area (Å²) < 4.78 is 0. The third kappa shape index (κ3) is 4.20. The summed E-state index contributed by atoms with van der Waals surface area (Å²) in [6.45, 7) is 15.1. The predicted octanol–water partition coefficient (Wildman–Crippen LogP) is 9.08. The Bertz CT molecular complexity index is 1120. The van der Waals surface area contributed by atoms with E-state index in [4.69, 9.17) is 10.2 Å². The molecule has 0 aromatic rings. The van der Waals surface area contributed by atoms with Crippen molar-refractivity contribution in [1.82, 2.24) is 0 Å². The minimum Gasteiger partial charge on any atom is -0.393 e. The van der Waals surface area contributed by atoms with Gasteiger partial charge in [-0.15, -0.1) is 0 Å². The van der Waals surface area contributed by atoms with E-state index in [1.54, 1.807) is 0 Å². The molecule has 0 unspecified atom stereocenters. The molecule has 0 aromatic heterocycles. The lowest BCUT2D eigenvalue weighted by Crippen LogP contribution is -2.55. The average Bonchev–Trinajstić information content (AvgIpc) is 3.46. The molecule has 44 heavy (non-hydrogen) atoms. The molecule has 0 radical (unpaired) electrons. The summed E-state index contributed by atoms with van der Waals surface area (Å²) in [4.78, 5) is 0. The first-order valence-electron chi connectivity index (χ1n) is 19.4. The molecule has 0 spiro atoms. The van der Waals surface area contributed by atoms with Gasteiger partial charge in [0.15, 0.2) is 0 Å². The van der Waals surface area contributed by atoms with Gasteiger partial charge in [0.05, 0.1) is 12.2 Å². The fourth-order valence-corrected chi connectivity index (χ4v) is 15.2. The molecular formula is C40H64N2O2. The van der Waals surface area contributed by atoms with Gasteiger partial charge in [-0.05, 0) is 184 Å². The van der Waals surface area contributed by atoms with E-state index in [9.17, 15) is 10.2 Å². The Morgan fingerprint density at radius 1 is 0.500 bits per heavy atom. The Morgan fingerprint density at radius 3 is 1.30 bits per heavy atom. The second-order valence-electron chi connectivity index (χ2n) is 19.4. The number of hydrogen-bond acceptors (Lipinski definition) is 4. The van der Waals surface area contributed by atoms with Crippen molar-refractivity contribution in [3.63, 3.8) is 0 Å². The van der Waals surface area contributed by atoms with Gasteiger partial charge in [0, 0.05) is 11.4 Å². The molecule has 16 atom stereocenters. The van der Waals surface area contributed by atoms with Crippen LogP contribution in [0, 0.1) is 80.8 Å². The van der Waals surface area contributed by atoms with E-state index < -0.39 is 0 Å². The van der Waals surface area contributed by atoms with Gasteiger partial charge in [-0.1, -0.05) is 41.5 Å². The van der Waals surface area contributed by atoms with Gasteiger partial charge in [-0.3, -0.25) is 0 Å². The molecule has 8 rings (SSSR count). The molecule has 0 aromatic carbocycles. The van der Waals surface area contributed by atoms with Crippen LogP contribution in [-0.4, -0.2) is 33.8 Å². The smallest absolute Gasteiger partial charge is 0.0596 e. The fraction of sp³-hybridized carbons (Fsp3) is 0.950. The summed E-state index contributed by atoms with van der Waals surface area (Å²) in [5, 5.41) is 32.1. The van der Waals surface area contributed by atoms with Gasteiger partial charge in [0.1, 0.15) is 0 Å². The van der Waals surface area contributed by atoms with Crippen LogP contribution in [0.2, 0.25) is 0 Å². The van der Waals surface area contributed by atoms with Crippen LogP contribution in [0.25, 0.3) is 0 Å². The summed E-state index contributed by atoms with van der Waals surface area (Å²) >= 11 is 0. The third-order valence-electron chi connectivity index (χ3n) is 17.9. The zero-order valence-electron chi connectivity index (χ0n) is 29.0. The second kappa shape index (κ2) is 10.4. The van der Waals surface area contributed by atoms with Crippen LogP contribution >= 0.6 is 0 Å². The topological polar surface area (TPSA) is 65.2 Å². The zero-order chi connectivity index (χ0) is 30.8. The number of nitrogens with zero attached hydrogens (tertiary/aromatic N) is 2. The highest BCUT2D eigenvalue weighted by atomic mass is 16.3. The summed E-state index contributed by atoms with van der Waals surface area (Å²) in [7, 11) is 0. The highest BCUT2D eigenvalue weighted by molar-refractivity contribution is 5.91. The quantitative estimate of drug-likeness (QED) is 0.293. The average molecular weight is 605 g/mol. The molecule has 8 aliphatic rings. The molecule has 0 aliphatic heterocycles. The first kappa shape index (κ1) is 30.6. The first-order valence-corrected chi connectivity index (χ1v) is 19.4. The molecule has 0 amide bonds. The Hall–Kier alpha value is -0.740. The minimum atomic E-state index is -0.0722. The number of fused-ring (bicyclic) bond motifs is 10. The first-order chi connectivity index (χ1) is 20.9. The molecule has 2 N–H and O–H groups in total. The molecule has 4 heteroatoms. The van der Waals surface area contributed by atoms with Gasteiger partial charge >= 0.3 is 0 Å². The zero-order valence-corrected chi connectivity index (χ0v) is 29.0. The highest BCUT2D eigenvalue weighted by Crippen LogP contribution is 2.68. The summed E-state index contributed by atoms with van der Waals surface area (Å²) in [6.07, 6.45) is 19.8. The van der Waals surface area contributed by atoms with Crippen LogP contribution in [0.4, 0.5) is 0 Å². The molecule has 0 heterocycles. The molecule has 4 nitrogen and oxygen atoms in total. The van der Waals surface area contributed by atoms with E-state index in [1.807, 2.05) is 0 Å². The molecule has 246 valence electrons. The van der Waals surface area contributed by atoms with Gasteiger partial charge in [0.25, 0.3) is 0 Å². The van der Waals surface area contributed by atoms with Gasteiger partial charge < -0.3 is 10.2 Å². The Kier molecular flexibility index (Phi) is 7.21. The van der Waals surface area contributed by atoms with Crippen LogP contribution in [0.1, 0.15) is 144 Å². The maximum absolute atomic E-state index is 10.9. The van der Waals surface area contributed by atoms with Crippen molar-refractivity contribution in [2.75, 3.05) is 0 Å². The number of aliphatic hydroxyl groups excluding tert-OH is 2. The van der Waals surface area contributed by atoms with Crippen LogP contribution < -0.4 is 0 Å². The van der Waals surface area contributed by atoms with E-state index in [0.717, 1.165) is 73.0 Å². The predicted molar refractivity (Wildman–Crippen MR) is 179 cm³/mol. The lowest BCUT2D eigenvalue weighted by molar-refractivity contribution is -0.116. The van der Waals surface area contributed by atoms with E-state index in [0.29, 0.717) is 22.7 Å². The van der Waals surface area contributed by atoms with E-state index in [-0.39, 0.29) is 23.0 Å². The molecule has 8 saturated carbocycles. The van der Waals surface area contributed by atoms with Crippen molar-refractivity contribution >= 4 is 11.4 Å². The Morgan fingerprint density at radius 2 is 0.886 bits per heavy atom. The third-order valence-corrected chi connectivity index (χ3v) is 17.9. The largest absolute Gasteiger partial charge is 0.393 e. The summed E-state index contributed by atoms with van der Waals surface area (Å²) in [5.41, 5.74) is 3.99. The van der Waals surface area contributed by atoms with Gasteiger partial charge in [0.2, 0.25) is 0 Å². The monoisotopic (exact) mass is 604 g/mol. The van der Waals surface area contributed by atoms with Crippen LogP contribution in [0.3, 0.4) is 0 Å². The van der Waals surface area contributed by atoms with Gasteiger partial charge in [-0.25, -0.2) is 0 Å². The minimum absolute atomic E-state index is 0.0722. The standard InChI is InChI=1S/C40H64N2O2/c1-23-21-39(5)25(7-9-27-29-11-13-35(43)37(29,3)17-15-31(27)39)19-33(23)41-42-34-20-26-8-10-28-30-12-14-36(44)38(30,4)18-16-32(28)40(26,6)22-24(34)2/h23-32,35-36,43-44H,7-22H2,1-6H3/b41-33+,42-34?/t23-,24+,25+,26+,27+,28-,29-,30+,31+,32+,35+,36+,37+,38+,39+,40+/m1/s1. The van der Waals surface area contributed by atoms with Crippen molar-refractivity contribution in [3.05, 3.63) is 0 Å². The molecular weight excluding hydrogens is 540 g/mol. The van der Waals surface area contributed by atoms with Crippen LogP contribution in [0.15, 0.2) is 10.2 Å². The van der Waals surface area contributed by atoms with Crippen molar-refractivity contribution < 1.29 is 10.2 Å². The maximum Gasteiger partial charge on any atom is 0.0596 e. The lowest BCUT2D eigenvalue weighted by atomic mass is 9.44. The SMILES string of the molecule is C[C@@H]1C[C@@]2(C)[C@@H](CC[C@H]3[C@H]4CC[C@H](O)[C@@]4(C)CC[C@@H]32)C/C1=N\N=C1C[C@@H]2CC[C@H]3[C@H](CC[C@]4(C)[C@@H](O)CC[C@@H]34)[C@@]2(C)C[C@@H]1C. The normalized spacial score (nSPS) is 60.2. The van der Waals surface area contributed by atoms with Crippen LogP contribution in [0.5, 0.6) is 0 Å². The highest BCUT2D eigenvalue weighted by Gasteiger charge is 2.62. The molecule has 0 bridgehead atoms. The Labute approximate surface area is 268 Å². The maximum atomic E-state index is 10.9. The summed E-state index contributed by atoms with van der Waals surface area (Å²) in [6, 6.07) is 0. The Balaban J connectivity index is 0.970. The van der Waals surface area contributed by atoms with E-state index in [2.05, 4.69) is 41.5 Å². The molecule has 8 fully saturated rings. The van der Waals surface area contributed by atoms with E-state index in [1.165, 1.54) is 88.5 Å². The number of aliphatic hydroxyl groups is 2. The molecule has 0 saturated heterocycles. The fourth-order valence-electron chi connectivity index (χ4n) is 15.2. The molecule has 8 aliphatic carbocycles. The number of rotatable bonds is 1. The van der Waals surface area contributed by atoms with Crippen molar-refractivity contribution in [1.29, 1.82) is 0 Å². The number of hydrogen-bond donors (Lipinski definition) is 2. The van der Waals surface area contributed by atoms with Crippen molar-refractivity contribution in [3.8, 4) is 0 Å². The van der Waals surface area contributed by atoms with Crippen molar-refractivity contribution in [2.24, 2.45) is 91.0 Å².